The SMILES string of the molecule is O=C(CCCN1CCCCC1)Nc1ccc(NC(=O)Cc2ccc(N(CCCl)CCCl)cc2)cc1. The molecule has 0 unspecified atom stereocenters. The fraction of sp³-hybridized carbons (Fsp3) is 0.481. The van der Waals surface area contributed by atoms with E-state index in [2.05, 4.69) is 20.4 Å². The Morgan fingerprint density at radius 3 is 1.94 bits per heavy atom. The monoisotopic (exact) mass is 518 g/mol. The molecule has 0 aromatic heterocycles. The highest BCUT2D eigenvalue weighted by Gasteiger charge is 2.11. The molecule has 35 heavy (non-hydrogen) atoms. The van der Waals surface area contributed by atoms with Crippen LogP contribution in [-0.2, 0) is 16.0 Å². The van der Waals surface area contributed by atoms with Gasteiger partial charge in [0.15, 0.2) is 0 Å². The van der Waals surface area contributed by atoms with E-state index in [1.54, 1.807) is 12.1 Å². The molecule has 1 saturated heterocycles. The average Bonchev–Trinajstić information content (AvgIpc) is 2.86. The average molecular weight is 520 g/mol. The van der Waals surface area contributed by atoms with E-state index in [1.807, 2.05) is 36.4 Å². The molecule has 2 N–H and O–H groups in total. The third-order valence-corrected chi connectivity index (χ3v) is 6.49. The second kappa shape index (κ2) is 15.0. The van der Waals surface area contributed by atoms with Crippen molar-refractivity contribution in [3.63, 3.8) is 0 Å². The molecule has 0 spiro atoms. The van der Waals surface area contributed by atoms with Crippen LogP contribution in [0.4, 0.5) is 17.1 Å². The fourth-order valence-electron chi connectivity index (χ4n) is 4.30. The van der Waals surface area contributed by atoms with Crippen molar-refractivity contribution in [3.8, 4) is 0 Å². The molecule has 0 aliphatic carbocycles. The molecule has 0 atom stereocenters. The van der Waals surface area contributed by atoms with Gasteiger partial charge in [-0.15, -0.1) is 23.2 Å². The van der Waals surface area contributed by atoms with Crippen LogP contribution < -0.4 is 15.5 Å². The molecule has 3 rings (SSSR count). The van der Waals surface area contributed by atoms with Gasteiger partial charge in [0.25, 0.3) is 0 Å². The lowest BCUT2D eigenvalue weighted by Gasteiger charge is -2.26. The Bertz CT molecular complexity index is 910. The summed E-state index contributed by atoms with van der Waals surface area (Å²) >= 11 is 11.8. The third-order valence-electron chi connectivity index (χ3n) is 6.15. The van der Waals surface area contributed by atoms with Gasteiger partial charge in [-0.3, -0.25) is 9.59 Å². The summed E-state index contributed by atoms with van der Waals surface area (Å²) in [7, 11) is 0. The first-order valence-electron chi connectivity index (χ1n) is 12.5. The summed E-state index contributed by atoms with van der Waals surface area (Å²) in [6.07, 6.45) is 5.53. The maximum Gasteiger partial charge on any atom is 0.228 e. The number of hydrogen-bond donors (Lipinski definition) is 2. The van der Waals surface area contributed by atoms with Crippen molar-refractivity contribution in [2.75, 3.05) is 60.0 Å². The molecular weight excluding hydrogens is 483 g/mol. The second-order valence-corrected chi connectivity index (χ2v) is 9.64. The fourth-order valence-corrected chi connectivity index (χ4v) is 4.70. The van der Waals surface area contributed by atoms with Crippen molar-refractivity contribution < 1.29 is 9.59 Å². The van der Waals surface area contributed by atoms with Gasteiger partial charge in [-0.2, -0.15) is 0 Å². The number of halogens is 2. The molecule has 2 amide bonds. The van der Waals surface area contributed by atoms with E-state index in [1.165, 1.54) is 19.3 Å². The predicted octanol–water partition coefficient (Wildman–Crippen LogP) is 5.36. The largest absolute Gasteiger partial charge is 0.369 e. The number of alkyl halides is 2. The normalized spacial score (nSPS) is 13.9. The van der Waals surface area contributed by atoms with Crippen molar-refractivity contribution in [2.45, 2.75) is 38.5 Å². The van der Waals surface area contributed by atoms with Crippen molar-refractivity contribution in [2.24, 2.45) is 0 Å². The molecule has 6 nitrogen and oxygen atoms in total. The number of likely N-dealkylation sites (tertiary alicyclic amines) is 1. The van der Waals surface area contributed by atoms with Crippen LogP contribution in [-0.4, -0.2) is 61.2 Å². The summed E-state index contributed by atoms with van der Waals surface area (Å²) in [5.74, 6) is 0.994. The summed E-state index contributed by atoms with van der Waals surface area (Å²) in [6.45, 7) is 4.75. The molecule has 190 valence electrons. The number of hydrogen-bond acceptors (Lipinski definition) is 4. The van der Waals surface area contributed by atoms with Crippen molar-refractivity contribution >= 4 is 52.1 Å². The van der Waals surface area contributed by atoms with Gasteiger partial charge in [0, 0.05) is 48.3 Å². The maximum absolute atomic E-state index is 12.5. The Kier molecular flexibility index (Phi) is 11.7. The van der Waals surface area contributed by atoms with Crippen LogP contribution in [0.25, 0.3) is 0 Å². The van der Waals surface area contributed by atoms with Gasteiger partial charge in [-0.1, -0.05) is 18.6 Å². The number of rotatable bonds is 13. The van der Waals surface area contributed by atoms with E-state index in [4.69, 9.17) is 23.2 Å². The van der Waals surface area contributed by atoms with Gasteiger partial charge in [-0.25, -0.2) is 0 Å². The standard InChI is InChI=1S/C27H36Cl2N4O2/c28-14-19-33(20-15-29)25-12-6-22(7-13-25)21-27(35)31-24-10-8-23(9-11-24)30-26(34)5-4-18-32-16-2-1-3-17-32/h6-13H,1-5,14-21H2,(H,30,34)(H,31,35). The number of nitrogens with one attached hydrogen (secondary N) is 2. The highest BCUT2D eigenvalue weighted by Crippen LogP contribution is 2.18. The molecule has 0 saturated carbocycles. The zero-order valence-corrected chi connectivity index (χ0v) is 21.8. The molecule has 1 fully saturated rings. The lowest BCUT2D eigenvalue weighted by molar-refractivity contribution is -0.116. The van der Waals surface area contributed by atoms with Gasteiger partial charge in [0.1, 0.15) is 0 Å². The predicted molar refractivity (Wildman–Crippen MR) is 147 cm³/mol. The third kappa shape index (κ3) is 9.71. The second-order valence-electron chi connectivity index (χ2n) is 8.89. The first-order valence-corrected chi connectivity index (χ1v) is 13.5. The summed E-state index contributed by atoms with van der Waals surface area (Å²) in [5.41, 5.74) is 3.40. The van der Waals surface area contributed by atoms with Crippen LogP contribution in [0.3, 0.4) is 0 Å². The molecule has 1 aliphatic heterocycles. The van der Waals surface area contributed by atoms with Crippen LogP contribution >= 0.6 is 23.2 Å². The minimum atomic E-state index is -0.0920. The van der Waals surface area contributed by atoms with E-state index < -0.39 is 0 Å². The number of amides is 2. The Morgan fingerprint density at radius 2 is 1.37 bits per heavy atom. The highest BCUT2D eigenvalue weighted by atomic mass is 35.5. The lowest BCUT2D eigenvalue weighted by Crippen LogP contribution is -2.31. The number of nitrogens with zero attached hydrogens (tertiary/aromatic N) is 2. The van der Waals surface area contributed by atoms with E-state index >= 15 is 0 Å². The minimum Gasteiger partial charge on any atom is -0.369 e. The summed E-state index contributed by atoms with van der Waals surface area (Å²) < 4.78 is 0. The number of benzene rings is 2. The summed E-state index contributed by atoms with van der Waals surface area (Å²) in [4.78, 5) is 29.3. The molecule has 0 bridgehead atoms. The molecule has 2 aromatic carbocycles. The van der Waals surface area contributed by atoms with Crippen molar-refractivity contribution in [3.05, 3.63) is 54.1 Å². The number of carbonyl (C=O) groups is 2. The molecule has 1 aliphatic rings. The van der Waals surface area contributed by atoms with Crippen molar-refractivity contribution in [1.29, 1.82) is 0 Å². The topological polar surface area (TPSA) is 64.7 Å². The molecular formula is C27H36Cl2N4O2. The first kappa shape index (κ1) is 27.3. The van der Waals surface area contributed by atoms with E-state index in [0.717, 1.165) is 56.1 Å². The quantitative estimate of drug-likeness (QED) is 0.350. The zero-order valence-electron chi connectivity index (χ0n) is 20.3. The number of carbonyl (C=O) groups excluding carboxylic acids is 2. The summed E-state index contributed by atoms with van der Waals surface area (Å²) in [5, 5.41) is 5.86. The van der Waals surface area contributed by atoms with Crippen molar-refractivity contribution in [1.82, 2.24) is 4.90 Å². The summed E-state index contributed by atoms with van der Waals surface area (Å²) in [6, 6.07) is 15.1. The van der Waals surface area contributed by atoms with Crippen LogP contribution in [0.15, 0.2) is 48.5 Å². The Balaban J connectivity index is 1.40. The van der Waals surface area contributed by atoms with Gasteiger partial charge in [-0.05, 0) is 80.9 Å². The van der Waals surface area contributed by atoms with E-state index in [-0.39, 0.29) is 18.2 Å². The Morgan fingerprint density at radius 1 is 0.800 bits per heavy atom. The van der Waals surface area contributed by atoms with Gasteiger partial charge in [0.05, 0.1) is 6.42 Å². The minimum absolute atomic E-state index is 0.0258. The van der Waals surface area contributed by atoms with Crippen LogP contribution in [0.5, 0.6) is 0 Å². The van der Waals surface area contributed by atoms with Crippen LogP contribution in [0, 0.1) is 0 Å². The number of anilines is 3. The van der Waals surface area contributed by atoms with E-state index in [9.17, 15) is 9.59 Å². The first-order chi connectivity index (χ1) is 17.1. The number of piperidine rings is 1. The van der Waals surface area contributed by atoms with Gasteiger partial charge < -0.3 is 20.4 Å². The Hall–Kier alpha value is -2.28. The van der Waals surface area contributed by atoms with E-state index in [0.29, 0.717) is 23.9 Å². The Labute approximate surface area is 219 Å². The van der Waals surface area contributed by atoms with Crippen LogP contribution in [0.1, 0.15) is 37.7 Å². The molecule has 0 radical (unpaired) electrons. The highest BCUT2D eigenvalue weighted by molar-refractivity contribution is 6.18. The molecule has 2 aromatic rings. The van der Waals surface area contributed by atoms with Crippen LogP contribution in [0.2, 0.25) is 0 Å². The lowest BCUT2D eigenvalue weighted by atomic mass is 10.1. The van der Waals surface area contributed by atoms with Gasteiger partial charge >= 0.3 is 0 Å². The zero-order chi connectivity index (χ0) is 24.9. The molecule has 1 heterocycles. The molecule has 8 heteroatoms. The van der Waals surface area contributed by atoms with Gasteiger partial charge in [0.2, 0.25) is 11.8 Å². The smallest absolute Gasteiger partial charge is 0.228 e. The maximum atomic E-state index is 12.5.